The molecule has 1 unspecified atom stereocenters. The van der Waals surface area contributed by atoms with Crippen molar-refractivity contribution in [3.05, 3.63) is 41.5 Å². The summed E-state index contributed by atoms with van der Waals surface area (Å²) in [5.41, 5.74) is 2.20. The van der Waals surface area contributed by atoms with E-state index in [9.17, 15) is 8.78 Å². The van der Waals surface area contributed by atoms with Gasteiger partial charge in [-0.15, -0.1) is 0 Å². The second kappa shape index (κ2) is 6.35. The van der Waals surface area contributed by atoms with Gasteiger partial charge in [0, 0.05) is 0 Å². The maximum absolute atomic E-state index is 12.0. The van der Waals surface area contributed by atoms with Crippen LogP contribution in [0.15, 0.2) is 35.9 Å². The first-order valence-corrected chi connectivity index (χ1v) is 5.40. The molecule has 0 fully saturated rings. The van der Waals surface area contributed by atoms with E-state index >= 15 is 0 Å². The summed E-state index contributed by atoms with van der Waals surface area (Å²) in [4.78, 5) is 0. The molecule has 0 saturated heterocycles. The van der Waals surface area contributed by atoms with E-state index in [1.165, 1.54) is 5.57 Å². The maximum atomic E-state index is 12.0. The van der Waals surface area contributed by atoms with Crippen molar-refractivity contribution in [1.29, 1.82) is 0 Å². The second-order valence-corrected chi connectivity index (χ2v) is 3.96. The lowest BCUT2D eigenvalue weighted by molar-refractivity contribution is -0.0498. The Kier molecular flexibility index (Phi) is 5.10. The van der Waals surface area contributed by atoms with Gasteiger partial charge in [0.2, 0.25) is 0 Å². The Balaban J connectivity index is 2.81. The van der Waals surface area contributed by atoms with E-state index in [1.54, 1.807) is 24.3 Å². The Labute approximate surface area is 100 Å². The highest BCUT2D eigenvalue weighted by Gasteiger charge is 2.07. The Bertz CT molecular complexity index is 370. The average molecular weight is 241 g/mol. The van der Waals surface area contributed by atoms with Crippen LogP contribution in [0.5, 0.6) is 5.75 Å². The first kappa shape index (κ1) is 13.6. The van der Waals surface area contributed by atoms with Crippen LogP contribution in [0, 0.1) is 0 Å². The van der Waals surface area contributed by atoms with Crippen LogP contribution < -0.4 is 10.1 Å². The van der Waals surface area contributed by atoms with Gasteiger partial charge in [-0.05, 0) is 38.6 Å². The van der Waals surface area contributed by atoms with E-state index in [0.29, 0.717) is 0 Å². The minimum Gasteiger partial charge on any atom is -0.435 e. The molecule has 0 heterocycles. The van der Waals surface area contributed by atoms with Crippen molar-refractivity contribution in [1.82, 2.24) is 5.32 Å². The fourth-order valence-corrected chi connectivity index (χ4v) is 1.54. The van der Waals surface area contributed by atoms with Crippen molar-refractivity contribution in [2.45, 2.75) is 26.5 Å². The monoisotopic (exact) mass is 241 g/mol. The van der Waals surface area contributed by atoms with E-state index in [0.717, 1.165) is 5.56 Å². The Morgan fingerprint density at radius 1 is 1.24 bits per heavy atom. The molecule has 1 N–H and O–H groups in total. The van der Waals surface area contributed by atoms with Crippen LogP contribution in [0.1, 0.15) is 25.5 Å². The molecule has 0 aliphatic heterocycles. The number of hydrogen-bond donors (Lipinski definition) is 1. The van der Waals surface area contributed by atoms with Crippen molar-refractivity contribution in [3.63, 3.8) is 0 Å². The van der Waals surface area contributed by atoms with Crippen LogP contribution in [0.4, 0.5) is 8.78 Å². The number of benzene rings is 1. The molecule has 4 heteroatoms. The molecule has 94 valence electrons. The second-order valence-electron chi connectivity index (χ2n) is 3.96. The molecule has 0 spiro atoms. The number of nitrogens with one attached hydrogen (secondary N) is 1. The Hall–Kier alpha value is -1.42. The summed E-state index contributed by atoms with van der Waals surface area (Å²) in [7, 11) is 1.85. The summed E-state index contributed by atoms with van der Waals surface area (Å²) in [5.74, 6) is 0.177. The van der Waals surface area contributed by atoms with Gasteiger partial charge in [-0.1, -0.05) is 23.8 Å². The third kappa shape index (κ3) is 4.53. The van der Waals surface area contributed by atoms with Crippen molar-refractivity contribution >= 4 is 0 Å². The minimum absolute atomic E-state index is 0.0839. The molecule has 0 bridgehead atoms. The van der Waals surface area contributed by atoms with Crippen LogP contribution in [0.3, 0.4) is 0 Å². The zero-order valence-corrected chi connectivity index (χ0v) is 10.2. The summed E-state index contributed by atoms with van der Waals surface area (Å²) >= 11 is 0. The van der Waals surface area contributed by atoms with Crippen LogP contribution >= 0.6 is 0 Å². The van der Waals surface area contributed by atoms with Crippen molar-refractivity contribution in [2.24, 2.45) is 0 Å². The van der Waals surface area contributed by atoms with Crippen molar-refractivity contribution < 1.29 is 13.5 Å². The predicted octanol–water partition coefficient (Wildman–Crippen LogP) is 3.51. The maximum Gasteiger partial charge on any atom is 0.387 e. The molecule has 17 heavy (non-hydrogen) atoms. The van der Waals surface area contributed by atoms with Crippen LogP contribution in [-0.4, -0.2) is 13.7 Å². The lowest BCUT2D eigenvalue weighted by Crippen LogP contribution is -2.14. The van der Waals surface area contributed by atoms with Crippen molar-refractivity contribution in [3.8, 4) is 5.75 Å². The van der Waals surface area contributed by atoms with E-state index < -0.39 is 6.61 Å². The summed E-state index contributed by atoms with van der Waals surface area (Å²) in [6.45, 7) is 1.25. The molecule has 0 saturated carbocycles. The van der Waals surface area contributed by atoms with Gasteiger partial charge < -0.3 is 10.1 Å². The van der Waals surface area contributed by atoms with Gasteiger partial charge in [0.1, 0.15) is 5.75 Å². The molecule has 1 aromatic rings. The molecule has 0 aromatic heterocycles. The number of halogens is 2. The Morgan fingerprint density at radius 2 is 1.82 bits per heavy atom. The van der Waals surface area contributed by atoms with Crippen LogP contribution in [-0.2, 0) is 0 Å². The molecule has 1 rings (SSSR count). The zero-order chi connectivity index (χ0) is 12.8. The molecule has 1 atom stereocenters. The normalized spacial score (nSPS) is 12.4. The summed E-state index contributed by atoms with van der Waals surface area (Å²) in [6, 6.07) is 6.73. The van der Waals surface area contributed by atoms with Gasteiger partial charge in [0.25, 0.3) is 0 Å². The third-order valence-corrected chi connectivity index (χ3v) is 2.28. The van der Waals surface area contributed by atoms with Crippen LogP contribution in [0.25, 0.3) is 0 Å². The van der Waals surface area contributed by atoms with Gasteiger partial charge in [0.15, 0.2) is 0 Å². The fraction of sp³-hybridized carbons (Fsp3) is 0.385. The lowest BCUT2D eigenvalue weighted by Gasteiger charge is -2.14. The first-order valence-electron chi connectivity index (χ1n) is 5.40. The van der Waals surface area contributed by atoms with Gasteiger partial charge in [-0.2, -0.15) is 8.78 Å². The van der Waals surface area contributed by atoms with E-state index in [-0.39, 0.29) is 11.8 Å². The topological polar surface area (TPSA) is 21.3 Å². The summed E-state index contributed by atoms with van der Waals surface area (Å²) < 4.78 is 28.2. The van der Waals surface area contributed by atoms with Gasteiger partial charge in [0.05, 0.1) is 6.04 Å². The Morgan fingerprint density at radius 3 is 2.24 bits per heavy atom. The minimum atomic E-state index is -2.78. The molecule has 0 amide bonds. The summed E-state index contributed by atoms with van der Waals surface area (Å²) in [5, 5.41) is 3.14. The van der Waals surface area contributed by atoms with E-state index in [4.69, 9.17) is 0 Å². The highest BCUT2D eigenvalue weighted by Crippen LogP contribution is 2.20. The fourth-order valence-electron chi connectivity index (χ4n) is 1.54. The van der Waals surface area contributed by atoms with E-state index in [2.05, 4.69) is 16.1 Å². The standard InChI is InChI=1S/C13H17F2NO/c1-9(2)8-12(16-3)10-4-6-11(7-5-10)17-13(14)15/h4-8,12-13,16H,1-3H3. The number of ether oxygens (including phenoxy) is 1. The number of alkyl halides is 2. The van der Waals surface area contributed by atoms with Gasteiger partial charge in [-0.25, -0.2) is 0 Å². The molecule has 2 nitrogen and oxygen atoms in total. The predicted molar refractivity (Wildman–Crippen MR) is 64.3 cm³/mol. The third-order valence-electron chi connectivity index (χ3n) is 2.28. The highest BCUT2D eigenvalue weighted by molar-refractivity contribution is 5.31. The SMILES string of the molecule is CNC(C=C(C)C)c1ccc(OC(F)F)cc1. The quantitative estimate of drug-likeness (QED) is 0.796. The smallest absolute Gasteiger partial charge is 0.387 e. The number of likely N-dealkylation sites (N-methyl/N-ethyl adjacent to an activating group) is 1. The first-order chi connectivity index (χ1) is 8.02. The molecule has 1 aromatic carbocycles. The van der Waals surface area contributed by atoms with Gasteiger partial charge >= 0.3 is 6.61 Å². The number of hydrogen-bond acceptors (Lipinski definition) is 2. The number of allylic oxidation sites excluding steroid dienone is 1. The molecule has 0 aliphatic carbocycles. The molecule has 0 aliphatic rings. The molecular formula is C13H17F2NO. The van der Waals surface area contributed by atoms with Crippen molar-refractivity contribution in [2.75, 3.05) is 7.05 Å². The lowest BCUT2D eigenvalue weighted by atomic mass is 10.0. The average Bonchev–Trinajstić information content (AvgIpc) is 2.26. The van der Waals surface area contributed by atoms with Crippen LogP contribution in [0.2, 0.25) is 0 Å². The van der Waals surface area contributed by atoms with Gasteiger partial charge in [-0.3, -0.25) is 0 Å². The zero-order valence-electron chi connectivity index (χ0n) is 10.2. The summed E-state index contributed by atoms with van der Waals surface area (Å²) in [6.07, 6.45) is 2.07. The highest BCUT2D eigenvalue weighted by atomic mass is 19.3. The molecule has 0 radical (unpaired) electrons. The largest absolute Gasteiger partial charge is 0.435 e. The van der Waals surface area contributed by atoms with E-state index in [1.807, 2.05) is 20.9 Å². The molecular weight excluding hydrogens is 224 g/mol. The number of rotatable bonds is 5.